The van der Waals surface area contributed by atoms with E-state index in [1.807, 2.05) is 0 Å². The highest BCUT2D eigenvalue weighted by atomic mass is 15.0. The summed E-state index contributed by atoms with van der Waals surface area (Å²) in [6.07, 6.45) is 5.65. The van der Waals surface area contributed by atoms with Crippen molar-refractivity contribution in [3.05, 3.63) is 230 Å². The first-order chi connectivity index (χ1) is 30.7. The first-order valence-electron chi connectivity index (χ1n) is 21.6. The van der Waals surface area contributed by atoms with Crippen molar-refractivity contribution in [1.29, 1.82) is 0 Å². The van der Waals surface area contributed by atoms with E-state index < -0.39 is 0 Å². The molecule has 0 amide bonds. The second kappa shape index (κ2) is 15.9. The Morgan fingerprint density at radius 2 is 1.06 bits per heavy atom. The van der Waals surface area contributed by atoms with Gasteiger partial charge in [-0.2, -0.15) is 0 Å². The van der Waals surface area contributed by atoms with Crippen LogP contribution in [-0.2, 0) is 0 Å². The van der Waals surface area contributed by atoms with E-state index in [-0.39, 0.29) is 0 Å². The number of rotatable bonds is 9. The molecule has 11 rings (SSSR count). The molecule has 0 saturated heterocycles. The number of para-hydroxylation sites is 2. The summed E-state index contributed by atoms with van der Waals surface area (Å²) in [5.74, 6) is 0.440. The minimum Gasteiger partial charge on any atom is -0.355 e. The molecule has 0 radical (unpaired) electrons. The van der Waals surface area contributed by atoms with Gasteiger partial charge in [-0.15, -0.1) is 0 Å². The molecular formula is C59H45N3. The zero-order chi connectivity index (χ0) is 41.4. The Morgan fingerprint density at radius 3 is 1.90 bits per heavy atom. The Labute approximate surface area is 363 Å². The van der Waals surface area contributed by atoms with Crippen molar-refractivity contribution in [2.45, 2.75) is 19.3 Å². The lowest BCUT2D eigenvalue weighted by Gasteiger charge is -2.23. The molecule has 1 aliphatic rings. The number of hydrogen-bond donors (Lipinski definition) is 2. The highest BCUT2D eigenvalue weighted by molar-refractivity contribution is 6.11. The van der Waals surface area contributed by atoms with Gasteiger partial charge in [-0.3, -0.25) is 0 Å². The summed E-state index contributed by atoms with van der Waals surface area (Å²) in [7, 11) is 0. The summed E-state index contributed by atoms with van der Waals surface area (Å²) in [4.78, 5) is 0. The van der Waals surface area contributed by atoms with Crippen LogP contribution in [0.3, 0.4) is 0 Å². The number of anilines is 4. The maximum absolute atomic E-state index is 3.88. The highest BCUT2D eigenvalue weighted by Gasteiger charge is 2.22. The van der Waals surface area contributed by atoms with E-state index in [0.717, 1.165) is 57.0 Å². The molecule has 62 heavy (non-hydrogen) atoms. The molecule has 1 aromatic heterocycles. The first-order valence-corrected chi connectivity index (χ1v) is 21.6. The lowest BCUT2D eigenvalue weighted by atomic mass is 9.87. The molecule has 296 valence electrons. The Morgan fingerprint density at radius 1 is 0.435 bits per heavy atom. The van der Waals surface area contributed by atoms with Crippen molar-refractivity contribution in [3.8, 4) is 50.2 Å². The van der Waals surface area contributed by atoms with Crippen LogP contribution in [-0.4, -0.2) is 4.57 Å². The third-order valence-corrected chi connectivity index (χ3v) is 12.4. The Balaban J connectivity index is 1.10. The molecule has 0 bridgehead atoms. The van der Waals surface area contributed by atoms with Crippen LogP contribution in [0.2, 0.25) is 0 Å². The fraction of sp³-hybridized carbons (Fsp3) is 0.0508. The van der Waals surface area contributed by atoms with Crippen molar-refractivity contribution in [2.75, 3.05) is 10.6 Å². The number of fused-ring (bicyclic) bond motifs is 4. The molecule has 9 aromatic carbocycles. The second-order valence-corrected chi connectivity index (χ2v) is 16.3. The topological polar surface area (TPSA) is 29.0 Å². The zero-order valence-electron chi connectivity index (χ0n) is 34.6. The Bertz CT molecular complexity index is 3270. The molecule has 1 atom stereocenters. The summed E-state index contributed by atoms with van der Waals surface area (Å²) in [6, 6.07) is 76.6. The molecule has 0 fully saturated rings. The largest absolute Gasteiger partial charge is 0.355 e. The van der Waals surface area contributed by atoms with Crippen LogP contribution < -0.4 is 10.6 Å². The van der Waals surface area contributed by atoms with Crippen molar-refractivity contribution < 1.29 is 0 Å². The lowest BCUT2D eigenvalue weighted by Crippen LogP contribution is -2.07. The molecule has 1 unspecified atom stereocenters. The number of allylic oxidation sites excluding steroid dienone is 1. The van der Waals surface area contributed by atoms with Crippen LogP contribution in [0.5, 0.6) is 0 Å². The van der Waals surface area contributed by atoms with Gasteiger partial charge >= 0.3 is 0 Å². The van der Waals surface area contributed by atoms with Gasteiger partial charge in [0.2, 0.25) is 0 Å². The van der Waals surface area contributed by atoms with Gasteiger partial charge in [0, 0.05) is 44.6 Å². The SMILES string of the molecule is CC1CC=Cc2cccc(-n3c4ccccc4c4cc(-c5ccc(Nc6cccc(-c7ccccc7)c6)c(-c6cccc(Nc7ccccc7)c6-c6ccccc6)c5)ccc43)c21. The van der Waals surface area contributed by atoms with Crippen LogP contribution in [0.4, 0.5) is 22.7 Å². The van der Waals surface area contributed by atoms with Gasteiger partial charge in [-0.25, -0.2) is 0 Å². The first kappa shape index (κ1) is 37.1. The molecule has 0 spiro atoms. The fourth-order valence-electron chi connectivity index (χ4n) is 9.47. The van der Waals surface area contributed by atoms with Gasteiger partial charge in [0.15, 0.2) is 0 Å². The molecule has 10 aromatic rings. The summed E-state index contributed by atoms with van der Waals surface area (Å²) in [5, 5.41) is 10.2. The monoisotopic (exact) mass is 795 g/mol. The van der Waals surface area contributed by atoms with Gasteiger partial charge in [-0.05, 0) is 124 Å². The standard InChI is InChI=1S/C59H45N3/c1-40-17-13-22-42-23-15-32-57(58(40)42)62-55-31-12-11-28-49(55)52-39-46(34-36-56(52)62)45-33-35-53(61-48-27-14-24-44(37-48)41-18-5-2-6-19-41)51(38-45)50-29-16-30-54(60-47-25-9-4-10-26-47)59(50)43-20-7-3-8-21-43/h2-16,18-40,60-61H,17H2,1H3. The number of nitrogens with one attached hydrogen (secondary N) is 2. The van der Waals surface area contributed by atoms with Gasteiger partial charge in [0.1, 0.15) is 0 Å². The van der Waals surface area contributed by atoms with E-state index in [0.29, 0.717) is 5.92 Å². The third-order valence-electron chi connectivity index (χ3n) is 12.4. The van der Waals surface area contributed by atoms with Crippen LogP contribution in [0.15, 0.2) is 218 Å². The molecular weight excluding hydrogens is 751 g/mol. The van der Waals surface area contributed by atoms with Gasteiger partial charge in [0.25, 0.3) is 0 Å². The predicted octanol–water partition coefficient (Wildman–Crippen LogP) is 16.5. The number of aromatic nitrogens is 1. The van der Waals surface area contributed by atoms with Gasteiger partial charge in [0.05, 0.1) is 16.7 Å². The van der Waals surface area contributed by atoms with E-state index in [1.165, 1.54) is 55.3 Å². The predicted molar refractivity (Wildman–Crippen MR) is 264 cm³/mol. The van der Waals surface area contributed by atoms with Crippen molar-refractivity contribution in [1.82, 2.24) is 4.57 Å². The summed E-state index contributed by atoms with van der Waals surface area (Å²) in [6.45, 7) is 2.35. The molecule has 3 heteroatoms. The maximum Gasteiger partial charge on any atom is 0.0541 e. The summed E-state index contributed by atoms with van der Waals surface area (Å²) in [5.41, 5.74) is 19.8. The van der Waals surface area contributed by atoms with Crippen LogP contribution in [0.25, 0.3) is 78.1 Å². The lowest BCUT2D eigenvalue weighted by molar-refractivity contribution is 0.764. The van der Waals surface area contributed by atoms with Crippen LogP contribution in [0, 0.1) is 0 Å². The summed E-state index contributed by atoms with van der Waals surface area (Å²) < 4.78 is 2.49. The molecule has 1 aliphatic carbocycles. The Kier molecular flexibility index (Phi) is 9.55. The van der Waals surface area contributed by atoms with E-state index >= 15 is 0 Å². The summed E-state index contributed by atoms with van der Waals surface area (Å²) >= 11 is 0. The van der Waals surface area contributed by atoms with E-state index in [9.17, 15) is 0 Å². The van der Waals surface area contributed by atoms with Crippen LogP contribution >= 0.6 is 0 Å². The highest BCUT2D eigenvalue weighted by Crippen LogP contribution is 2.45. The van der Waals surface area contributed by atoms with Gasteiger partial charge < -0.3 is 15.2 Å². The average molecular weight is 796 g/mol. The normalized spacial score (nSPS) is 13.3. The minimum atomic E-state index is 0.440. The second-order valence-electron chi connectivity index (χ2n) is 16.3. The van der Waals surface area contributed by atoms with Crippen molar-refractivity contribution in [2.24, 2.45) is 0 Å². The van der Waals surface area contributed by atoms with Gasteiger partial charge in [-0.1, -0.05) is 165 Å². The number of benzene rings is 9. The van der Waals surface area contributed by atoms with Crippen molar-refractivity contribution in [3.63, 3.8) is 0 Å². The molecule has 1 heterocycles. The molecule has 3 nitrogen and oxygen atoms in total. The van der Waals surface area contributed by atoms with Crippen molar-refractivity contribution >= 4 is 50.6 Å². The smallest absolute Gasteiger partial charge is 0.0541 e. The minimum absolute atomic E-state index is 0.440. The maximum atomic E-state index is 3.88. The Hall–Kier alpha value is -7.88. The third kappa shape index (κ3) is 6.84. The van der Waals surface area contributed by atoms with E-state index in [4.69, 9.17) is 0 Å². The van der Waals surface area contributed by atoms with E-state index in [1.54, 1.807) is 0 Å². The molecule has 2 N–H and O–H groups in total. The van der Waals surface area contributed by atoms with Crippen LogP contribution in [0.1, 0.15) is 30.4 Å². The molecule has 0 aliphatic heterocycles. The van der Waals surface area contributed by atoms with E-state index in [2.05, 4.69) is 247 Å². The number of hydrogen-bond acceptors (Lipinski definition) is 2. The zero-order valence-corrected chi connectivity index (χ0v) is 34.6. The quantitative estimate of drug-likeness (QED) is 0.152. The fourth-order valence-corrected chi connectivity index (χ4v) is 9.47. The molecule has 0 saturated carbocycles. The average Bonchev–Trinajstić information content (AvgIpc) is 3.66. The number of nitrogens with zero attached hydrogens (tertiary/aromatic N) is 1.